The van der Waals surface area contributed by atoms with Crippen LogP contribution in [-0.2, 0) is 4.79 Å². The van der Waals surface area contributed by atoms with Gasteiger partial charge in [0, 0.05) is 11.8 Å². The molecule has 0 heterocycles. The first-order chi connectivity index (χ1) is 6.70. The zero-order valence-corrected chi connectivity index (χ0v) is 9.25. The number of fused-ring (bicyclic) bond motifs is 1. The van der Waals surface area contributed by atoms with Crippen molar-refractivity contribution < 1.29 is 4.79 Å². The average Bonchev–Trinajstić information content (AvgIpc) is 2.32. The van der Waals surface area contributed by atoms with E-state index in [1.54, 1.807) is 5.57 Å². The van der Waals surface area contributed by atoms with E-state index in [1.165, 1.54) is 25.7 Å². The fraction of sp³-hybridized carbons (Fsp3) is 0.769. The van der Waals surface area contributed by atoms with Gasteiger partial charge in [-0.3, -0.25) is 4.79 Å². The normalized spacial score (nSPS) is 38.6. The van der Waals surface area contributed by atoms with E-state index in [0.717, 1.165) is 6.42 Å². The van der Waals surface area contributed by atoms with Gasteiger partial charge in [0.15, 0.2) is 0 Å². The molecule has 14 heavy (non-hydrogen) atoms. The van der Waals surface area contributed by atoms with Crippen molar-refractivity contribution in [2.24, 2.45) is 17.8 Å². The van der Waals surface area contributed by atoms with Gasteiger partial charge >= 0.3 is 0 Å². The van der Waals surface area contributed by atoms with E-state index in [-0.39, 0.29) is 11.8 Å². The highest BCUT2D eigenvalue weighted by molar-refractivity contribution is 5.84. The zero-order valence-electron chi connectivity index (χ0n) is 9.25. The van der Waals surface area contributed by atoms with Crippen LogP contribution in [0.4, 0.5) is 0 Å². The molecule has 0 aliphatic heterocycles. The first-order valence-corrected chi connectivity index (χ1v) is 5.93. The molecule has 0 aromatic rings. The Kier molecular flexibility index (Phi) is 2.76. The van der Waals surface area contributed by atoms with Crippen LogP contribution in [0, 0.1) is 17.8 Å². The lowest BCUT2D eigenvalue weighted by Crippen LogP contribution is -2.26. The fourth-order valence-corrected chi connectivity index (χ4v) is 2.98. The summed E-state index contributed by atoms with van der Waals surface area (Å²) in [7, 11) is 0. The number of hydrogen-bond acceptors (Lipinski definition) is 1. The molecule has 0 spiro atoms. The maximum absolute atomic E-state index is 12.0. The molecule has 2 rings (SSSR count). The zero-order chi connectivity index (χ0) is 10.1. The van der Waals surface area contributed by atoms with Crippen molar-refractivity contribution in [3.05, 3.63) is 11.6 Å². The molecule has 1 heteroatoms. The van der Waals surface area contributed by atoms with Crippen LogP contribution in [-0.4, -0.2) is 5.78 Å². The Morgan fingerprint density at radius 3 is 2.86 bits per heavy atom. The Morgan fingerprint density at radius 2 is 2.07 bits per heavy atom. The number of Topliss-reactive ketones (excluding diaryl/α,β-unsaturated/α-hetero) is 1. The molecular formula is C13H20O. The summed E-state index contributed by atoms with van der Waals surface area (Å²) in [6.07, 6.45) is 8.47. The molecule has 0 N–H and O–H groups in total. The maximum atomic E-state index is 12.0. The van der Waals surface area contributed by atoms with Crippen LogP contribution in [0.1, 0.15) is 46.0 Å². The first kappa shape index (κ1) is 9.95. The van der Waals surface area contributed by atoms with Crippen LogP contribution in [0.25, 0.3) is 0 Å². The van der Waals surface area contributed by atoms with Gasteiger partial charge < -0.3 is 0 Å². The second-order valence-electron chi connectivity index (χ2n) is 4.96. The topological polar surface area (TPSA) is 17.1 Å². The molecule has 1 fully saturated rings. The molecule has 0 amide bonds. The van der Waals surface area contributed by atoms with Crippen LogP contribution < -0.4 is 0 Å². The molecule has 0 bridgehead atoms. The highest BCUT2D eigenvalue weighted by Crippen LogP contribution is 2.38. The maximum Gasteiger partial charge on any atom is 0.139 e. The summed E-state index contributed by atoms with van der Waals surface area (Å²) in [4.78, 5) is 12.0. The van der Waals surface area contributed by atoms with E-state index in [2.05, 4.69) is 19.9 Å². The van der Waals surface area contributed by atoms with E-state index in [4.69, 9.17) is 0 Å². The molecule has 3 atom stereocenters. The van der Waals surface area contributed by atoms with Crippen LogP contribution >= 0.6 is 0 Å². The number of carbonyl (C=O) groups excluding carboxylic acids is 1. The lowest BCUT2D eigenvalue weighted by molar-refractivity contribution is -0.126. The Balaban J connectivity index is 2.24. The van der Waals surface area contributed by atoms with Gasteiger partial charge in [0.05, 0.1) is 0 Å². The molecular weight excluding hydrogens is 172 g/mol. The molecule has 2 aliphatic carbocycles. The molecule has 1 nitrogen and oxygen atoms in total. The summed E-state index contributed by atoms with van der Waals surface area (Å²) < 4.78 is 0. The van der Waals surface area contributed by atoms with E-state index in [0.29, 0.717) is 11.7 Å². The predicted molar refractivity (Wildman–Crippen MR) is 58.0 cm³/mol. The van der Waals surface area contributed by atoms with Crippen LogP contribution in [0.2, 0.25) is 0 Å². The Morgan fingerprint density at radius 1 is 1.29 bits per heavy atom. The van der Waals surface area contributed by atoms with E-state index >= 15 is 0 Å². The molecule has 0 aromatic heterocycles. The van der Waals surface area contributed by atoms with Crippen molar-refractivity contribution in [2.45, 2.75) is 46.0 Å². The monoisotopic (exact) mass is 192 g/mol. The second kappa shape index (κ2) is 3.88. The third kappa shape index (κ3) is 1.65. The minimum Gasteiger partial charge on any atom is -0.299 e. The molecule has 0 radical (unpaired) electrons. The highest BCUT2D eigenvalue weighted by Gasteiger charge is 2.33. The van der Waals surface area contributed by atoms with Crippen molar-refractivity contribution in [1.82, 2.24) is 0 Å². The third-order valence-electron chi connectivity index (χ3n) is 3.98. The van der Waals surface area contributed by atoms with Gasteiger partial charge in [-0.1, -0.05) is 31.9 Å². The summed E-state index contributed by atoms with van der Waals surface area (Å²) in [6, 6.07) is 0. The molecule has 1 saturated carbocycles. The van der Waals surface area contributed by atoms with Gasteiger partial charge in [-0.05, 0) is 31.6 Å². The summed E-state index contributed by atoms with van der Waals surface area (Å²) >= 11 is 0. The van der Waals surface area contributed by atoms with Crippen LogP contribution in [0.5, 0.6) is 0 Å². The minimum absolute atomic E-state index is 0.253. The van der Waals surface area contributed by atoms with Crippen molar-refractivity contribution >= 4 is 5.78 Å². The van der Waals surface area contributed by atoms with Crippen molar-refractivity contribution in [2.75, 3.05) is 0 Å². The predicted octanol–water partition coefficient (Wildman–Crippen LogP) is 3.35. The van der Waals surface area contributed by atoms with Gasteiger partial charge in [0.1, 0.15) is 5.78 Å². The highest BCUT2D eigenvalue weighted by atomic mass is 16.1. The van der Waals surface area contributed by atoms with E-state index in [9.17, 15) is 4.79 Å². The average molecular weight is 192 g/mol. The minimum atomic E-state index is 0.253. The van der Waals surface area contributed by atoms with Gasteiger partial charge in [0.25, 0.3) is 0 Å². The van der Waals surface area contributed by atoms with Gasteiger partial charge in [-0.25, -0.2) is 0 Å². The van der Waals surface area contributed by atoms with Crippen molar-refractivity contribution in [1.29, 1.82) is 0 Å². The largest absolute Gasteiger partial charge is 0.299 e. The summed E-state index contributed by atoms with van der Waals surface area (Å²) in [5.74, 6) is 1.60. The fourth-order valence-electron chi connectivity index (χ4n) is 2.98. The third-order valence-corrected chi connectivity index (χ3v) is 3.98. The number of allylic oxidation sites excluding steroid dienone is 2. The number of carbonyl (C=O) groups is 1. The number of ketones is 1. The second-order valence-corrected chi connectivity index (χ2v) is 4.96. The molecule has 0 unspecified atom stereocenters. The number of rotatable bonds is 0. The van der Waals surface area contributed by atoms with Gasteiger partial charge in [-0.15, -0.1) is 0 Å². The van der Waals surface area contributed by atoms with Gasteiger partial charge in [-0.2, -0.15) is 0 Å². The van der Waals surface area contributed by atoms with E-state index < -0.39 is 0 Å². The lowest BCUT2D eigenvalue weighted by Gasteiger charge is -2.28. The van der Waals surface area contributed by atoms with Crippen LogP contribution in [0.15, 0.2) is 11.6 Å². The molecule has 78 valence electrons. The SMILES string of the molecule is C[C@@H]1CC=C2CCCC[C@H]2[C@H](C)C1=O. The molecule has 2 aliphatic rings. The van der Waals surface area contributed by atoms with Crippen LogP contribution in [0.3, 0.4) is 0 Å². The number of hydrogen-bond donors (Lipinski definition) is 0. The molecule has 0 aromatic carbocycles. The summed E-state index contributed by atoms with van der Waals surface area (Å²) in [5, 5.41) is 0. The molecule has 0 saturated heterocycles. The van der Waals surface area contributed by atoms with Crippen molar-refractivity contribution in [3.63, 3.8) is 0 Å². The Hall–Kier alpha value is -0.590. The van der Waals surface area contributed by atoms with E-state index in [1.807, 2.05) is 0 Å². The smallest absolute Gasteiger partial charge is 0.139 e. The quantitative estimate of drug-likeness (QED) is 0.538. The first-order valence-electron chi connectivity index (χ1n) is 5.93. The summed E-state index contributed by atoms with van der Waals surface area (Å²) in [6.45, 7) is 4.21. The Bertz CT molecular complexity index is 264. The Labute approximate surface area is 86.6 Å². The lowest BCUT2D eigenvalue weighted by atomic mass is 9.76. The van der Waals surface area contributed by atoms with Crippen molar-refractivity contribution in [3.8, 4) is 0 Å². The van der Waals surface area contributed by atoms with Gasteiger partial charge in [0.2, 0.25) is 0 Å². The standard InChI is InChI=1S/C13H20O/c1-9-7-8-11-5-3-4-6-12(11)10(2)13(9)14/h8-10,12H,3-7H2,1-2H3/t9-,10+,12+/m1/s1. The summed E-state index contributed by atoms with van der Waals surface area (Å²) in [5.41, 5.74) is 1.58.